The number of carbonyl (C=O) groups excluding carboxylic acids is 2. The Balaban J connectivity index is 1.92. The number of nitrogens with one attached hydrogen (secondary N) is 2. The lowest BCUT2D eigenvalue weighted by Gasteiger charge is -2.29. The zero-order valence-electron chi connectivity index (χ0n) is 13.6. The van der Waals surface area contributed by atoms with Gasteiger partial charge in [-0.1, -0.05) is 11.6 Å². The van der Waals surface area contributed by atoms with Crippen molar-refractivity contribution in [3.8, 4) is 0 Å². The average Bonchev–Trinajstić information content (AvgIpc) is 2.53. The first-order valence-corrected chi connectivity index (χ1v) is 8.14. The van der Waals surface area contributed by atoms with Crippen LogP contribution < -0.4 is 15.5 Å². The molecule has 1 aliphatic heterocycles. The van der Waals surface area contributed by atoms with E-state index in [4.69, 9.17) is 11.6 Å². The van der Waals surface area contributed by atoms with Crippen molar-refractivity contribution in [1.29, 1.82) is 0 Å². The minimum Gasteiger partial charge on any atom is -0.370 e. The van der Waals surface area contributed by atoms with E-state index in [-0.39, 0.29) is 12.5 Å². The molecule has 2 rings (SSSR count). The number of benzene rings is 1. The fourth-order valence-electron chi connectivity index (χ4n) is 2.47. The molecule has 1 saturated heterocycles. The topological polar surface area (TPSA) is 64.7 Å². The van der Waals surface area contributed by atoms with Crippen molar-refractivity contribution in [2.75, 3.05) is 43.9 Å². The monoisotopic (exact) mass is 338 g/mol. The molecule has 0 radical (unpaired) electrons. The second kappa shape index (κ2) is 8.06. The molecule has 0 aliphatic carbocycles. The predicted molar refractivity (Wildman–Crippen MR) is 93.2 cm³/mol. The molecule has 2 N–H and O–H groups in total. The van der Waals surface area contributed by atoms with Gasteiger partial charge in [0.2, 0.25) is 5.91 Å². The minimum absolute atomic E-state index is 0.0432. The molecule has 0 aromatic heterocycles. The van der Waals surface area contributed by atoms with Crippen molar-refractivity contribution in [1.82, 2.24) is 10.2 Å². The highest BCUT2D eigenvalue weighted by atomic mass is 35.5. The maximum Gasteiger partial charge on any atom is 0.319 e. The van der Waals surface area contributed by atoms with E-state index in [9.17, 15) is 9.59 Å². The molecule has 1 fully saturated rings. The molecule has 6 nitrogen and oxygen atoms in total. The number of halogens is 1. The average molecular weight is 339 g/mol. The lowest BCUT2D eigenvalue weighted by Crippen LogP contribution is -2.38. The fraction of sp³-hybridized carbons (Fsp3) is 0.500. The SMILES string of the molecule is CN(C)C(=O)CNC(=O)Nc1ccc(N2CCCCC2)c(Cl)c1. The van der Waals surface area contributed by atoms with Gasteiger partial charge in [0.15, 0.2) is 0 Å². The summed E-state index contributed by atoms with van der Waals surface area (Å²) in [6.45, 7) is 1.98. The van der Waals surface area contributed by atoms with Crippen LogP contribution in [0.5, 0.6) is 0 Å². The van der Waals surface area contributed by atoms with Crippen LogP contribution in [0.3, 0.4) is 0 Å². The van der Waals surface area contributed by atoms with Gasteiger partial charge in [-0.3, -0.25) is 4.79 Å². The summed E-state index contributed by atoms with van der Waals surface area (Å²) in [6, 6.07) is 5.05. The second-order valence-corrected chi connectivity index (χ2v) is 6.22. The summed E-state index contributed by atoms with van der Waals surface area (Å²) in [5.74, 6) is -0.168. The second-order valence-electron chi connectivity index (χ2n) is 5.81. The van der Waals surface area contributed by atoms with Crippen LogP contribution in [0.15, 0.2) is 18.2 Å². The number of likely N-dealkylation sites (N-methyl/N-ethyl adjacent to an activating group) is 1. The van der Waals surface area contributed by atoms with Gasteiger partial charge in [0.05, 0.1) is 17.3 Å². The number of carbonyl (C=O) groups is 2. The first-order valence-electron chi connectivity index (χ1n) is 7.77. The highest BCUT2D eigenvalue weighted by Gasteiger charge is 2.14. The van der Waals surface area contributed by atoms with Crippen molar-refractivity contribution in [2.45, 2.75) is 19.3 Å². The molecule has 1 heterocycles. The molecule has 126 valence electrons. The Morgan fingerprint density at radius 2 is 1.91 bits per heavy atom. The molecule has 23 heavy (non-hydrogen) atoms. The Hall–Kier alpha value is -1.95. The van der Waals surface area contributed by atoms with E-state index in [1.165, 1.54) is 24.2 Å². The van der Waals surface area contributed by atoms with Crippen LogP contribution in [0, 0.1) is 0 Å². The third kappa shape index (κ3) is 5.03. The van der Waals surface area contributed by atoms with Gasteiger partial charge in [0, 0.05) is 32.9 Å². The maximum atomic E-state index is 11.8. The van der Waals surface area contributed by atoms with Crippen LogP contribution in [0.25, 0.3) is 0 Å². The molecule has 1 aromatic carbocycles. The van der Waals surface area contributed by atoms with Crippen LogP contribution in [0.1, 0.15) is 19.3 Å². The number of nitrogens with zero attached hydrogens (tertiary/aromatic N) is 2. The summed E-state index contributed by atoms with van der Waals surface area (Å²) in [4.78, 5) is 26.9. The van der Waals surface area contributed by atoms with Crippen LogP contribution in [0.4, 0.5) is 16.2 Å². The normalized spacial score (nSPS) is 14.3. The number of anilines is 2. The molecule has 0 bridgehead atoms. The third-order valence-corrected chi connectivity index (χ3v) is 4.10. The zero-order valence-corrected chi connectivity index (χ0v) is 14.3. The quantitative estimate of drug-likeness (QED) is 0.886. The molecular formula is C16H23ClN4O2. The standard InChI is InChI=1S/C16H23ClN4O2/c1-20(2)15(22)11-18-16(23)19-12-6-7-14(13(17)10-12)21-8-4-3-5-9-21/h6-7,10H,3-5,8-9,11H2,1-2H3,(H2,18,19,23). The molecule has 7 heteroatoms. The van der Waals surface area contributed by atoms with Gasteiger partial charge in [-0.2, -0.15) is 0 Å². The van der Waals surface area contributed by atoms with E-state index in [0.717, 1.165) is 18.8 Å². The smallest absolute Gasteiger partial charge is 0.319 e. The lowest BCUT2D eigenvalue weighted by molar-refractivity contribution is -0.127. The van der Waals surface area contributed by atoms with Crippen molar-refractivity contribution in [3.63, 3.8) is 0 Å². The van der Waals surface area contributed by atoms with Crippen LogP contribution in [0.2, 0.25) is 5.02 Å². The van der Waals surface area contributed by atoms with Gasteiger partial charge in [0.1, 0.15) is 0 Å². The molecule has 3 amide bonds. The van der Waals surface area contributed by atoms with E-state index in [0.29, 0.717) is 10.7 Å². The Morgan fingerprint density at radius 1 is 1.22 bits per heavy atom. The molecular weight excluding hydrogens is 316 g/mol. The number of piperidine rings is 1. The fourth-order valence-corrected chi connectivity index (χ4v) is 2.77. The summed E-state index contributed by atoms with van der Waals surface area (Å²) in [5, 5.41) is 5.82. The van der Waals surface area contributed by atoms with Gasteiger partial charge in [0.25, 0.3) is 0 Å². The van der Waals surface area contributed by atoms with Gasteiger partial charge in [-0.25, -0.2) is 4.79 Å². The highest BCUT2D eigenvalue weighted by Crippen LogP contribution is 2.30. The molecule has 0 unspecified atom stereocenters. The number of hydrogen-bond acceptors (Lipinski definition) is 3. The van der Waals surface area contributed by atoms with Gasteiger partial charge < -0.3 is 20.4 Å². The van der Waals surface area contributed by atoms with Crippen molar-refractivity contribution in [2.24, 2.45) is 0 Å². The maximum absolute atomic E-state index is 11.8. The molecule has 1 aromatic rings. The molecule has 0 saturated carbocycles. The van der Waals surface area contributed by atoms with Crippen molar-refractivity contribution >= 4 is 34.9 Å². The van der Waals surface area contributed by atoms with Crippen LogP contribution >= 0.6 is 11.6 Å². The van der Waals surface area contributed by atoms with Crippen LogP contribution in [-0.4, -0.2) is 50.6 Å². The Labute approximate surface area is 141 Å². The lowest BCUT2D eigenvalue weighted by atomic mass is 10.1. The first-order chi connectivity index (χ1) is 11.0. The summed E-state index contributed by atoms with van der Waals surface area (Å²) < 4.78 is 0. The van der Waals surface area contributed by atoms with Crippen LogP contribution in [-0.2, 0) is 4.79 Å². The van der Waals surface area contributed by atoms with E-state index >= 15 is 0 Å². The first kappa shape index (κ1) is 17.4. The summed E-state index contributed by atoms with van der Waals surface area (Å²) in [6.07, 6.45) is 3.62. The molecule has 1 aliphatic rings. The number of urea groups is 1. The van der Waals surface area contributed by atoms with Crippen molar-refractivity contribution < 1.29 is 9.59 Å². The van der Waals surface area contributed by atoms with Crippen molar-refractivity contribution in [3.05, 3.63) is 23.2 Å². The van der Waals surface area contributed by atoms with E-state index < -0.39 is 6.03 Å². The number of hydrogen-bond donors (Lipinski definition) is 2. The Morgan fingerprint density at radius 3 is 2.52 bits per heavy atom. The summed E-state index contributed by atoms with van der Waals surface area (Å²) >= 11 is 6.34. The summed E-state index contributed by atoms with van der Waals surface area (Å²) in [7, 11) is 3.28. The van der Waals surface area contributed by atoms with Gasteiger partial charge >= 0.3 is 6.03 Å². The Bertz CT molecular complexity index is 571. The van der Waals surface area contributed by atoms with E-state index in [2.05, 4.69) is 15.5 Å². The largest absolute Gasteiger partial charge is 0.370 e. The number of amides is 3. The molecule has 0 atom stereocenters. The summed E-state index contributed by atoms with van der Waals surface area (Å²) in [5.41, 5.74) is 1.60. The predicted octanol–water partition coefficient (Wildman–Crippen LogP) is 2.54. The van der Waals surface area contributed by atoms with Gasteiger partial charge in [-0.05, 0) is 37.5 Å². The van der Waals surface area contributed by atoms with E-state index in [1.54, 1.807) is 20.2 Å². The Kier molecular flexibility index (Phi) is 6.10. The van der Waals surface area contributed by atoms with Gasteiger partial charge in [-0.15, -0.1) is 0 Å². The highest BCUT2D eigenvalue weighted by molar-refractivity contribution is 6.33. The third-order valence-electron chi connectivity index (χ3n) is 3.80. The zero-order chi connectivity index (χ0) is 16.8. The minimum atomic E-state index is -0.429. The number of rotatable bonds is 4. The molecule has 0 spiro atoms. The van der Waals surface area contributed by atoms with E-state index in [1.807, 2.05) is 12.1 Å².